The van der Waals surface area contributed by atoms with Crippen molar-refractivity contribution in [2.24, 2.45) is 11.1 Å². The molecule has 0 unspecified atom stereocenters. The number of amides is 2. The van der Waals surface area contributed by atoms with Gasteiger partial charge in [0.1, 0.15) is 6.61 Å². The molecule has 0 aliphatic carbocycles. The third kappa shape index (κ3) is 7.54. The van der Waals surface area contributed by atoms with Gasteiger partial charge in [-0.25, -0.2) is 18.1 Å². The third-order valence-corrected chi connectivity index (χ3v) is 9.24. The quantitative estimate of drug-likeness (QED) is 0.281. The highest BCUT2D eigenvalue weighted by atomic mass is 32.2. The fourth-order valence-electron chi connectivity index (χ4n) is 5.72. The maximum Gasteiger partial charge on any atom is 0.264 e. The lowest BCUT2D eigenvalue weighted by Crippen LogP contribution is -2.46. The molecule has 10 nitrogen and oxygen atoms in total. The van der Waals surface area contributed by atoms with Crippen molar-refractivity contribution in [3.8, 4) is 17.1 Å². The van der Waals surface area contributed by atoms with Crippen molar-refractivity contribution >= 4 is 27.8 Å². The molecule has 0 saturated carbocycles. The van der Waals surface area contributed by atoms with Gasteiger partial charge in [-0.15, -0.1) is 0 Å². The first kappa shape index (κ1) is 32.6. The number of carbonyl (C=O) groups excluding carboxylic acids is 2. The van der Waals surface area contributed by atoms with Gasteiger partial charge in [0.05, 0.1) is 16.6 Å². The number of aryl methyl sites for hydroxylation is 2. The number of aromatic nitrogens is 2. The van der Waals surface area contributed by atoms with Crippen molar-refractivity contribution in [1.29, 1.82) is 0 Å². The normalized spacial score (nSPS) is 16.3. The van der Waals surface area contributed by atoms with Gasteiger partial charge in [0.2, 0.25) is 17.7 Å². The van der Waals surface area contributed by atoms with Gasteiger partial charge in [-0.3, -0.25) is 9.59 Å². The smallest absolute Gasteiger partial charge is 0.264 e. The van der Waals surface area contributed by atoms with Crippen molar-refractivity contribution in [3.63, 3.8) is 0 Å². The predicted octanol–water partition coefficient (Wildman–Crippen LogP) is 5.54. The van der Waals surface area contributed by atoms with Gasteiger partial charge < -0.3 is 15.4 Å². The summed E-state index contributed by atoms with van der Waals surface area (Å²) in [6.45, 7) is 10.6. The highest BCUT2D eigenvalue weighted by molar-refractivity contribution is 7.92. The zero-order valence-corrected chi connectivity index (χ0v) is 27.5. The Hall–Kier alpha value is -4.77. The first-order valence-corrected chi connectivity index (χ1v) is 16.6. The molecule has 1 aromatic heterocycles. The summed E-state index contributed by atoms with van der Waals surface area (Å²) in [5, 5.41) is 0. The summed E-state index contributed by atoms with van der Waals surface area (Å²) in [4.78, 5) is 36.5. The Morgan fingerprint density at radius 1 is 1.00 bits per heavy atom. The molecule has 11 heteroatoms. The Labute approximate surface area is 270 Å². The van der Waals surface area contributed by atoms with Gasteiger partial charge >= 0.3 is 0 Å². The van der Waals surface area contributed by atoms with Crippen molar-refractivity contribution in [1.82, 2.24) is 14.9 Å². The molecular formula is C35H39N5O5S. The molecule has 3 aromatic carbocycles. The minimum absolute atomic E-state index is 0.0875. The zero-order chi connectivity index (χ0) is 33.2. The summed E-state index contributed by atoms with van der Waals surface area (Å²) in [5.41, 5.74) is 10.1. The number of primary amides is 1. The van der Waals surface area contributed by atoms with Gasteiger partial charge in [0.15, 0.2) is 0 Å². The summed E-state index contributed by atoms with van der Waals surface area (Å²) >= 11 is 0. The predicted molar refractivity (Wildman–Crippen MR) is 177 cm³/mol. The van der Waals surface area contributed by atoms with Gasteiger partial charge in [-0.1, -0.05) is 57.2 Å². The van der Waals surface area contributed by atoms with Crippen molar-refractivity contribution in [2.75, 3.05) is 17.9 Å². The van der Waals surface area contributed by atoms with Gasteiger partial charge in [0.25, 0.3) is 15.9 Å². The van der Waals surface area contributed by atoms with E-state index < -0.39 is 22.0 Å². The number of ether oxygens (including phenoxy) is 1. The van der Waals surface area contributed by atoms with Crippen molar-refractivity contribution < 1.29 is 22.7 Å². The van der Waals surface area contributed by atoms with Crippen molar-refractivity contribution in [2.45, 2.75) is 58.4 Å². The number of hydrogen-bond donors (Lipinski definition) is 2. The van der Waals surface area contributed by atoms with Crippen LogP contribution in [0.25, 0.3) is 11.3 Å². The van der Waals surface area contributed by atoms with Crippen LogP contribution >= 0.6 is 0 Å². The standard InChI is InChI=1S/C35H39N5O5S/c1-22-8-6-9-23(2)31(22)29-19-30-38-34(37-29)39-46(43,44)28-11-7-10-26(18-28)33(42)40(27(21-45-30)20-35(3,4)5)17-16-24-12-14-25(15-13-24)32(36)41/h6-15,18-19,27H,16-17,20-21H2,1-5H3,(H2,36,41)(H,37,38,39)/t27-/m1/s1. The lowest BCUT2D eigenvalue weighted by atomic mass is 9.87. The van der Waals surface area contributed by atoms with E-state index in [0.29, 0.717) is 30.6 Å². The molecule has 2 amide bonds. The number of benzene rings is 3. The van der Waals surface area contributed by atoms with E-state index in [1.54, 1.807) is 35.2 Å². The van der Waals surface area contributed by atoms with E-state index in [-0.39, 0.29) is 40.2 Å². The lowest BCUT2D eigenvalue weighted by Gasteiger charge is -2.36. The van der Waals surface area contributed by atoms with Crippen LogP contribution in [0.15, 0.2) is 77.7 Å². The van der Waals surface area contributed by atoms with E-state index >= 15 is 0 Å². The minimum Gasteiger partial charge on any atom is -0.475 e. The Morgan fingerprint density at radius 2 is 1.67 bits per heavy atom. The van der Waals surface area contributed by atoms with E-state index in [0.717, 1.165) is 22.3 Å². The van der Waals surface area contributed by atoms with Crippen LogP contribution in [0, 0.1) is 19.3 Å². The molecule has 0 radical (unpaired) electrons. The van der Waals surface area contributed by atoms with E-state index in [1.807, 2.05) is 44.2 Å². The number of hydrogen-bond acceptors (Lipinski definition) is 7. The second kappa shape index (κ2) is 12.9. The summed E-state index contributed by atoms with van der Waals surface area (Å²) in [7, 11) is -4.17. The maximum absolute atomic E-state index is 14.3. The molecule has 0 fully saturated rings. The topological polar surface area (TPSA) is 145 Å². The molecule has 0 spiro atoms. The number of fused-ring (bicyclic) bond motifs is 4. The lowest BCUT2D eigenvalue weighted by molar-refractivity contribution is 0.0540. The fraction of sp³-hybridized carbons (Fsp3) is 0.314. The molecule has 2 heterocycles. The molecular weight excluding hydrogens is 602 g/mol. The summed E-state index contributed by atoms with van der Waals surface area (Å²) < 4.78 is 36.0. The Bertz CT molecular complexity index is 1860. The highest BCUT2D eigenvalue weighted by Gasteiger charge is 2.31. The van der Waals surface area contributed by atoms with E-state index in [4.69, 9.17) is 10.5 Å². The van der Waals surface area contributed by atoms with Crippen LogP contribution in [0.5, 0.6) is 5.88 Å². The third-order valence-electron chi connectivity index (χ3n) is 7.91. The molecule has 4 aromatic rings. The molecule has 1 aliphatic rings. The molecule has 1 atom stereocenters. The summed E-state index contributed by atoms with van der Waals surface area (Å²) in [6.07, 6.45) is 1.08. The molecule has 5 rings (SSSR count). The highest BCUT2D eigenvalue weighted by Crippen LogP contribution is 2.31. The molecule has 1 aliphatic heterocycles. The first-order valence-electron chi connectivity index (χ1n) is 15.1. The number of rotatable bonds is 6. The van der Waals surface area contributed by atoms with E-state index in [2.05, 4.69) is 35.5 Å². The molecule has 46 heavy (non-hydrogen) atoms. The maximum atomic E-state index is 14.3. The number of carbonyl (C=O) groups is 2. The second-order valence-corrected chi connectivity index (χ2v) is 14.5. The average Bonchev–Trinajstić information content (AvgIpc) is 2.98. The SMILES string of the molecule is Cc1cccc(C)c1-c1cc2nc(n1)NS(=O)(=O)c1cccc(c1)C(=O)N(CCc1ccc(C(N)=O)cc1)[C@H](CC(C)(C)C)CO2. The monoisotopic (exact) mass is 641 g/mol. The molecule has 3 N–H and O–H groups in total. The number of nitrogens with zero attached hydrogens (tertiary/aromatic N) is 3. The van der Waals surface area contributed by atoms with E-state index in [9.17, 15) is 18.0 Å². The van der Waals surface area contributed by atoms with Crippen LogP contribution in [0.1, 0.15) is 64.6 Å². The van der Waals surface area contributed by atoms with Crippen LogP contribution in [0.2, 0.25) is 0 Å². The second-order valence-electron chi connectivity index (χ2n) is 12.9. The van der Waals surface area contributed by atoms with Gasteiger partial charge in [-0.2, -0.15) is 4.98 Å². The summed E-state index contributed by atoms with van der Waals surface area (Å²) in [5.74, 6) is -0.780. The fourth-order valence-corrected chi connectivity index (χ4v) is 6.70. The number of anilines is 1. The minimum atomic E-state index is -4.17. The summed E-state index contributed by atoms with van der Waals surface area (Å²) in [6, 6.07) is 20.1. The van der Waals surface area contributed by atoms with Crippen molar-refractivity contribution in [3.05, 3.63) is 101 Å². The van der Waals surface area contributed by atoms with Crippen LogP contribution < -0.4 is 15.2 Å². The average molecular weight is 642 g/mol. The zero-order valence-electron chi connectivity index (χ0n) is 26.7. The van der Waals surface area contributed by atoms with Gasteiger partial charge in [0, 0.05) is 29.3 Å². The Morgan fingerprint density at radius 3 is 2.33 bits per heavy atom. The van der Waals surface area contributed by atoms with Crippen LogP contribution in [0.4, 0.5) is 5.95 Å². The van der Waals surface area contributed by atoms with Crippen LogP contribution in [0.3, 0.4) is 0 Å². The largest absolute Gasteiger partial charge is 0.475 e. The molecule has 240 valence electrons. The first-order chi connectivity index (χ1) is 21.7. The molecule has 4 bridgehead atoms. The molecule has 0 saturated heterocycles. The number of sulfonamides is 1. The number of nitrogens with two attached hydrogens (primary N) is 1. The number of nitrogens with one attached hydrogen (secondary N) is 1. The van der Waals surface area contributed by atoms with Crippen LogP contribution in [-0.4, -0.2) is 54.3 Å². The Kier molecular flexibility index (Phi) is 9.16. The van der Waals surface area contributed by atoms with Gasteiger partial charge in [-0.05, 0) is 79.1 Å². The Balaban J connectivity index is 1.61. The van der Waals surface area contributed by atoms with Crippen LogP contribution in [-0.2, 0) is 16.4 Å². The van der Waals surface area contributed by atoms with E-state index in [1.165, 1.54) is 12.1 Å².